The lowest BCUT2D eigenvalue weighted by molar-refractivity contribution is -0.0403. The number of carbonyl (C=O) groups is 2. The molecule has 12 heteroatoms. The summed E-state index contributed by atoms with van der Waals surface area (Å²) in [4.78, 5) is 26.7. The molecule has 1 atom stereocenters. The first-order valence-corrected chi connectivity index (χ1v) is 13.0. The van der Waals surface area contributed by atoms with E-state index in [1.807, 2.05) is 0 Å². The predicted octanol–water partition coefficient (Wildman–Crippen LogP) is 2.94. The molecule has 0 radical (unpaired) electrons. The Bertz CT molecular complexity index is 1160. The van der Waals surface area contributed by atoms with Crippen molar-refractivity contribution in [2.45, 2.75) is 17.9 Å². The number of Topliss-reactive ketones (excluding diaryl/α,β-unsaturated/α-hetero) is 1. The van der Waals surface area contributed by atoms with Gasteiger partial charge in [-0.1, -0.05) is 11.6 Å². The molecule has 2 aromatic rings. The summed E-state index contributed by atoms with van der Waals surface area (Å²) >= 11 is 7.17. The summed E-state index contributed by atoms with van der Waals surface area (Å²) in [6.07, 6.45) is 0.547. The molecule has 1 aliphatic heterocycles. The first kappa shape index (κ1) is 25.3. The smallest absolute Gasteiger partial charge is 0.265 e. The van der Waals surface area contributed by atoms with Crippen LogP contribution in [-0.4, -0.2) is 77.9 Å². The summed E-state index contributed by atoms with van der Waals surface area (Å²) < 4.78 is 46.0. The van der Waals surface area contributed by atoms with E-state index in [9.17, 15) is 18.0 Å². The average molecular weight is 518 g/mol. The van der Waals surface area contributed by atoms with Crippen LogP contribution in [0.2, 0.25) is 5.02 Å². The molecule has 180 valence electrons. The number of amides is 1. The summed E-state index contributed by atoms with van der Waals surface area (Å²) in [7, 11) is -0.611. The summed E-state index contributed by atoms with van der Waals surface area (Å²) in [5, 5.41) is 1.30. The molecule has 1 aliphatic rings. The SMILES string of the molecule is COc1ccc(C(C)=O)c(OCC2CN(C(=O)c3scc(S(C)(=O)=O)c3Cl)CCO2)c1OC. The van der Waals surface area contributed by atoms with Gasteiger partial charge in [0, 0.05) is 18.2 Å². The maximum absolute atomic E-state index is 13.0. The standard InChI is InChI=1S/C21H24ClNO8S2/c1-12(24)14-5-6-15(28-2)19(29-3)18(14)31-10-13-9-23(7-8-30-13)21(25)20-17(22)16(11-32-20)33(4,26)27/h5-6,11,13H,7-10H2,1-4H3. The third kappa shape index (κ3) is 5.43. The Kier molecular flexibility index (Phi) is 7.88. The van der Waals surface area contributed by atoms with Gasteiger partial charge in [0.1, 0.15) is 17.6 Å². The Morgan fingerprint density at radius 1 is 1.24 bits per heavy atom. The Morgan fingerprint density at radius 3 is 2.55 bits per heavy atom. The maximum Gasteiger partial charge on any atom is 0.265 e. The highest BCUT2D eigenvalue weighted by atomic mass is 35.5. The molecule has 2 heterocycles. The van der Waals surface area contributed by atoms with E-state index in [2.05, 4.69) is 0 Å². The Hall–Kier alpha value is -2.34. The molecule has 0 spiro atoms. The summed E-state index contributed by atoms with van der Waals surface area (Å²) in [5.41, 5.74) is 0.329. The highest BCUT2D eigenvalue weighted by Crippen LogP contribution is 2.40. The monoisotopic (exact) mass is 517 g/mol. The number of nitrogens with zero attached hydrogens (tertiary/aromatic N) is 1. The predicted molar refractivity (Wildman–Crippen MR) is 123 cm³/mol. The van der Waals surface area contributed by atoms with Gasteiger partial charge in [-0.3, -0.25) is 9.59 Å². The molecule has 0 N–H and O–H groups in total. The molecule has 3 rings (SSSR count). The zero-order chi connectivity index (χ0) is 24.3. The molecule has 1 saturated heterocycles. The minimum Gasteiger partial charge on any atom is -0.493 e. The van der Waals surface area contributed by atoms with Gasteiger partial charge in [0.15, 0.2) is 27.1 Å². The van der Waals surface area contributed by atoms with Gasteiger partial charge in [-0.15, -0.1) is 11.3 Å². The number of hydrogen-bond acceptors (Lipinski definition) is 9. The third-order valence-electron chi connectivity index (χ3n) is 5.01. The van der Waals surface area contributed by atoms with E-state index in [1.165, 1.54) is 31.4 Å². The van der Waals surface area contributed by atoms with Gasteiger partial charge in [-0.25, -0.2) is 8.42 Å². The first-order chi connectivity index (χ1) is 15.6. The number of thiophene rings is 1. The van der Waals surface area contributed by atoms with E-state index >= 15 is 0 Å². The molecule has 33 heavy (non-hydrogen) atoms. The average Bonchev–Trinajstić information content (AvgIpc) is 3.18. The van der Waals surface area contributed by atoms with Crippen molar-refractivity contribution < 1.29 is 37.0 Å². The van der Waals surface area contributed by atoms with Crippen LogP contribution in [0.15, 0.2) is 22.4 Å². The zero-order valence-electron chi connectivity index (χ0n) is 18.5. The third-order valence-corrected chi connectivity index (χ3v) is 7.87. The van der Waals surface area contributed by atoms with Crippen molar-refractivity contribution in [1.29, 1.82) is 0 Å². The number of methoxy groups -OCH3 is 2. The van der Waals surface area contributed by atoms with Crippen molar-refractivity contribution in [2.75, 3.05) is 46.8 Å². The van der Waals surface area contributed by atoms with Crippen molar-refractivity contribution in [2.24, 2.45) is 0 Å². The highest BCUT2D eigenvalue weighted by molar-refractivity contribution is 7.91. The zero-order valence-corrected chi connectivity index (χ0v) is 20.9. The lowest BCUT2D eigenvalue weighted by Gasteiger charge is -2.33. The van der Waals surface area contributed by atoms with Gasteiger partial charge >= 0.3 is 0 Å². The molecule has 1 fully saturated rings. The lowest BCUT2D eigenvalue weighted by Crippen LogP contribution is -2.47. The highest BCUT2D eigenvalue weighted by Gasteiger charge is 2.30. The van der Waals surface area contributed by atoms with Crippen LogP contribution in [-0.2, 0) is 14.6 Å². The number of benzene rings is 1. The van der Waals surface area contributed by atoms with E-state index in [0.717, 1.165) is 17.6 Å². The number of sulfone groups is 1. The molecule has 1 unspecified atom stereocenters. The van der Waals surface area contributed by atoms with Crippen molar-refractivity contribution in [3.8, 4) is 17.2 Å². The van der Waals surface area contributed by atoms with Crippen LogP contribution in [0.3, 0.4) is 0 Å². The van der Waals surface area contributed by atoms with Gasteiger partial charge in [0.05, 0.1) is 42.9 Å². The Morgan fingerprint density at radius 2 is 1.97 bits per heavy atom. The molecule has 1 amide bonds. The fourth-order valence-corrected chi connectivity index (χ4v) is 6.24. The number of halogens is 1. The van der Waals surface area contributed by atoms with Crippen LogP contribution >= 0.6 is 22.9 Å². The van der Waals surface area contributed by atoms with Crippen molar-refractivity contribution in [1.82, 2.24) is 4.90 Å². The number of hydrogen-bond donors (Lipinski definition) is 0. The molecular weight excluding hydrogens is 494 g/mol. The minimum atomic E-state index is -3.54. The van der Waals surface area contributed by atoms with Gasteiger partial charge < -0.3 is 23.8 Å². The van der Waals surface area contributed by atoms with Crippen molar-refractivity contribution in [3.05, 3.63) is 33.0 Å². The van der Waals surface area contributed by atoms with E-state index < -0.39 is 15.9 Å². The van der Waals surface area contributed by atoms with Crippen molar-refractivity contribution in [3.63, 3.8) is 0 Å². The largest absolute Gasteiger partial charge is 0.493 e. The molecule has 0 aliphatic carbocycles. The van der Waals surface area contributed by atoms with Crippen LogP contribution in [0.25, 0.3) is 0 Å². The van der Waals surface area contributed by atoms with Crippen LogP contribution in [0, 0.1) is 0 Å². The molecular formula is C21H24ClNO8S2. The number of ketones is 1. The van der Waals surface area contributed by atoms with Crippen LogP contribution < -0.4 is 14.2 Å². The van der Waals surface area contributed by atoms with Crippen LogP contribution in [0.4, 0.5) is 0 Å². The van der Waals surface area contributed by atoms with Gasteiger partial charge in [0.25, 0.3) is 5.91 Å². The number of rotatable bonds is 8. The second-order valence-corrected chi connectivity index (χ2v) is 10.5. The summed E-state index contributed by atoms with van der Waals surface area (Å²) in [5.74, 6) is 0.342. The minimum absolute atomic E-state index is 0.0420. The van der Waals surface area contributed by atoms with E-state index in [-0.39, 0.29) is 57.7 Å². The molecule has 1 aromatic carbocycles. The number of carbonyl (C=O) groups excluding carboxylic acids is 2. The van der Waals surface area contributed by atoms with Crippen LogP contribution in [0.1, 0.15) is 27.0 Å². The van der Waals surface area contributed by atoms with E-state index in [4.69, 9.17) is 30.5 Å². The Labute approximate surface area is 201 Å². The van der Waals surface area contributed by atoms with E-state index in [0.29, 0.717) is 17.9 Å². The fraction of sp³-hybridized carbons (Fsp3) is 0.429. The van der Waals surface area contributed by atoms with Gasteiger partial charge in [-0.2, -0.15) is 0 Å². The molecule has 0 saturated carbocycles. The molecule has 9 nitrogen and oxygen atoms in total. The summed E-state index contributed by atoms with van der Waals surface area (Å²) in [6.45, 7) is 2.24. The number of morpholine rings is 1. The first-order valence-electron chi connectivity index (χ1n) is 9.85. The summed E-state index contributed by atoms with van der Waals surface area (Å²) in [6, 6.07) is 3.21. The lowest BCUT2D eigenvalue weighted by atomic mass is 10.1. The van der Waals surface area contributed by atoms with Crippen LogP contribution in [0.5, 0.6) is 17.2 Å². The van der Waals surface area contributed by atoms with E-state index in [1.54, 1.807) is 12.1 Å². The number of ether oxygens (including phenoxy) is 4. The normalized spacial score (nSPS) is 16.4. The topological polar surface area (TPSA) is 108 Å². The second kappa shape index (κ2) is 10.3. The fourth-order valence-electron chi connectivity index (χ4n) is 3.37. The quantitative estimate of drug-likeness (QED) is 0.492. The van der Waals surface area contributed by atoms with Gasteiger partial charge in [0.2, 0.25) is 5.75 Å². The van der Waals surface area contributed by atoms with Gasteiger partial charge in [-0.05, 0) is 19.1 Å². The Balaban J connectivity index is 1.76. The van der Waals surface area contributed by atoms with Crippen molar-refractivity contribution >= 4 is 44.5 Å². The maximum atomic E-state index is 13.0. The molecule has 0 bridgehead atoms. The second-order valence-electron chi connectivity index (χ2n) is 7.30. The molecule has 1 aromatic heterocycles.